The molecule has 0 aromatic rings. The van der Waals surface area contributed by atoms with E-state index in [4.69, 9.17) is 19.9 Å². The molecular weight excluding hydrogens is 650 g/mol. The number of aliphatic hydroxyl groups is 1. The number of rotatable bonds is 7. The lowest BCUT2D eigenvalue weighted by Crippen LogP contribution is -2.49. The maximum absolute atomic E-state index is 13.9. The molecule has 1 aliphatic carbocycles. The zero-order valence-electron chi connectivity index (χ0n) is 29.6. The summed E-state index contributed by atoms with van der Waals surface area (Å²) in [6, 6.07) is 0. The largest absolute Gasteiger partial charge is 0.465 e. The summed E-state index contributed by atoms with van der Waals surface area (Å²) in [5.74, 6) is -2.30. The number of carbonyl (C=O) groups is 5. The molecule has 1 fully saturated rings. The number of Topliss-reactive ketones (excluding diaryl/α,β-unsaturated/α-hetero) is 1. The molecule has 2 aliphatic heterocycles. The summed E-state index contributed by atoms with van der Waals surface area (Å²) in [5, 5.41) is 26.3. The van der Waals surface area contributed by atoms with Gasteiger partial charge in [-0.25, -0.2) is 9.59 Å². The van der Waals surface area contributed by atoms with Gasteiger partial charge >= 0.3 is 12.2 Å². The average molecular weight is 702 g/mol. The molecule has 3 aliphatic rings. The molecule has 6 atom stereocenters. The number of methoxy groups -OCH3 is 2. The highest BCUT2D eigenvalue weighted by Gasteiger charge is 2.33. The molecule has 0 spiro atoms. The Hall–Kier alpha value is -4.31. The van der Waals surface area contributed by atoms with Crippen LogP contribution in [0.4, 0.5) is 9.59 Å². The van der Waals surface area contributed by atoms with Crippen molar-refractivity contribution < 1.29 is 48.4 Å². The Labute approximate surface area is 292 Å². The van der Waals surface area contributed by atoms with Crippen LogP contribution in [0.3, 0.4) is 0 Å². The van der Waals surface area contributed by atoms with Crippen molar-refractivity contribution in [1.29, 1.82) is 0 Å². The second kappa shape index (κ2) is 18.6. The van der Waals surface area contributed by atoms with Gasteiger partial charge in [-0.2, -0.15) is 0 Å². The summed E-state index contributed by atoms with van der Waals surface area (Å²) >= 11 is 0. The first kappa shape index (κ1) is 40.1. The number of aliphatic hydroxyl groups excluding tert-OH is 1. The van der Waals surface area contributed by atoms with E-state index in [0.717, 1.165) is 6.08 Å². The van der Waals surface area contributed by atoms with Crippen molar-refractivity contribution in [2.45, 2.75) is 65.0 Å². The van der Waals surface area contributed by atoms with Crippen molar-refractivity contribution in [2.24, 2.45) is 17.6 Å². The number of nitrogens with one attached hydrogen (secondary N) is 2. The number of hydrogen-bond acceptors (Lipinski definition) is 11. The first-order valence-electron chi connectivity index (χ1n) is 16.7. The number of carboxylic acid groups (broad SMARTS) is 1. The standard InChI is InChI=1S/C35H51N5O10/c1-20-16-24-29(37-10-11-39-12-14-40(15-13-39)35(46)47)26(41)19-25(31(24)43)38-33(44)21(2)8-7-9-27(48-5)32(50-34(36)45)23(4)18-22(3)30(42)28(17-20)49-6/h7-9,18-20,22,27-28,30,32,37,42H,10-17H2,1-6H3,(H2,36,45)(H,38,44)(H,46,47)/t20-,22+,27+,28+,30+,32+/m1/s1. The molecule has 0 unspecified atom stereocenters. The quantitative estimate of drug-likeness (QED) is 0.190. The first-order valence-corrected chi connectivity index (χ1v) is 16.7. The van der Waals surface area contributed by atoms with E-state index >= 15 is 0 Å². The molecule has 15 heteroatoms. The average Bonchev–Trinajstić information content (AvgIpc) is 3.07. The fraction of sp³-hybridized carbons (Fsp3) is 0.571. The molecule has 15 nitrogen and oxygen atoms in total. The van der Waals surface area contributed by atoms with Gasteiger partial charge < -0.3 is 45.7 Å². The van der Waals surface area contributed by atoms with Gasteiger partial charge in [0.2, 0.25) is 11.6 Å². The highest BCUT2D eigenvalue weighted by Crippen LogP contribution is 2.29. The number of carbonyl (C=O) groups excluding carboxylic acids is 4. The lowest BCUT2D eigenvalue weighted by Gasteiger charge is -2.33. The summed E-state index contributed by atoms with van der Waals surface area (Å²) in [6.07, 6.45) is 2.56. The number of fused-ring (bicyclic) bond motifs is 2. The summed E-state index contributed by atoms with van der Waals surface area (Å²) < 4.78 is 16.7. The summed E-state index contributed by atoms with van der Waals surface area (Å²) in [4.78, 5) is 67.0. The van der Waals surface area contributed by atoms with Crippen LogP contribution in [0.5, 0.6) is 0 Å². The third-order valence-electron chi connectivity index (χ3n) is 9.17. The summed E-state index contributed by atoms with van der Waals surface area (Å²) in [6.45, 7) is 9.63. The van der Waals surface area contributed by atoms with Crippen LogP contribution < -0.4 is 16.4 Å². The van der Waals surface area contributed by atoms with Gasteiger partial charge in [0.1, 0.15) is 6.10 Å². The number of piperazine rings is 1. The minimum atomic E-state index is -1.01. The Morgan fingerprint density at radius 1 is 1.08 bits per heavy atom. The van der Waals surface area contributed by atoms with Crippen LogP contribution in [0.1, 0.15) is 40.5 Å². The molecule has 3 amide bonds. The van der Waals surface area contributed by atoms with E-state index < -0.39 is 60.0 Å². The predicted octanol–water partition coefficient (Wildman–Crippen LogP) is 1.65. The van der Waals surface area contributed by atoms with Gasteiger partial charge in [0.25, 0.3) is 5.91 Å². The fourth-order valence-electron chi connectivity index (χ4n) is 6.28. The first-order chi connectivity index (χ1) is 23.7. The van der Waals surface area contributed by atoms with E-state index in [1.165, 1.54) is 32.1 Å². The van der Waals surface area contributed by atoms with Gasteiger partial charge in [0.15, 0.2) is 6.10 Å². The Morgan fingerprint density at radius 2 is 1.76 bits per heavy atom. The Morgan fingerprint density at radius 3 is 2.36 bits per heavy atom. The molecule has 3 rings (SSSR count). The fourth-order valence-corrected chi connectivity index (χ4v) is 6.28. The minimum Gasteiger partial charge on any atom is -0.465 e. The number of hydrogen-bond donors (Lipinski definition) is 5. The van der Waals surface area contributed by atoms with E-state index in [1.54, 1.807) is 32.1 Å². The number of allylic oxidation sites excluding steroid dienone is 4. The lowest BCUT2D eigenvalue weighted by molar-refractivity contribution is -0.120. The molecule has 6 N–H and O–H groups in total. The van der Waals surface area contributed by atoms with Crippen LogP contribution in [0, 0.1) is 11.8 Å². The van der Waals surface area contributed by atoms with Gasteiger partial charge in [-0.15, -0.1) is 0 Å². The molecule has 1 saturated heterocycles. The van der Waals surface area contributed by atoms with Crippen LogP contribution >= 0.6 is 0 Å². The van der Waals surface area contributed by atoms with Crippen molar-refractivity contribution >= 4 is 29.7 Å². The number of amides is 3. The Kier molecular flexibility index (Phi) is 14.9. The highest BCUT2D eigenvalue weighted by molar-refractivity contribution is 6.23. The topological polar surface area (TPSA) is 210 Å². The van der Waals surface area contributed by atoms with Gasteiger partial charge in [0, 0.05) is 76.6 Å². The molecule has 0 radical (unpaired) electrons. The van der Waals surface area contributed by atoms with Crippen molar-refractivity contribution in [3.8, 4) is 0 Å². The van der Waals surface area contributed by atoms with Crippen molar-refractivity contribution in [2.75, 3.05) is 53.5 Å². The van der Waals surface area contributed by atoms with E-state index in [9.17, 15) is 34.2 Å². The van der Waals surface area contributed by atoms with E-state index in [1.807, 2.05) is 6.92 Å². The van der Waals surface area contributed by atoms with Gasteiger partial charge in [-0.3, -0.25) is 19.3 Å². The van der Waals surface area contributed by atoms with E-state index in [0.29, 0.717) is 51.3 Å². The number of nitrogens with two attached hydrogens (primary N) is 1. The lowest BCUT2D eigenvalue weighted by atomic mass is 9.85. The molecular formula is C35H51N5O10. The number of ketones is 2. The van der Waals surface area contributed by atoms with Gasteiger partial charge in [-0.1, -0.05) is 38.2 Å². The molecule has 276 valence electrons. The van der Waals surface area contributed by atoms with Crippen LogP contribution in [-0.4, -0.2) is 128 Å². The summed E-state index contributed by atoms with van der Waals surface area (Å²) in [5.41, 5.74) is 6.35. The summed E-state index contributed by atoms with van der Waals surface area (Å²) in [7, 11) is 2.90. The van der Waals surface area contributed by atoms with E-state index in [2.05, 4.69) is 15.5 Å². The van der Waals surface area contributed by atoms with Crippen LogP contribution in [-0.2, 0) is 28.6 Å². The monoisotopic (exact) mass is 701 g/mol. The predicted molar refractivity (Wildman–Crippen MR) is 184 cm³/mol. The van der Waals surface area contributed by atoms with Gasteiger partial charge in [0.05, 0.1) is 23.6 Å². The molecule has 2 heterocycles. The third-order valence-corrected chi connectivity index (χ3v) is 9.17. The second-order valence-corrected chi connectivity index (χ2v) is 13.0. The zero-order chi connectivity index (χ0) is 37.1. The molecule has 50 heavy (non-hydrogen) atoms. The van der Waals surface area contributed by atoms with Gasteiger partial charge in [-0.05, 0) is 38.2 Å². The molecule has 0 aromatic carbocycles. The van der Waals surface area contributed by atoms with Crippen molar-refractivity contribution in [3.63, 3.8) is 0 Å². The number of ether oxygens (including phenoxy) is 3. The van der Waals surface area contributed by atoms with E-state index in [-0.39, 0.29) is 34.9 Å². The maximum Gasteiger partial charge on any atom is 0.407 e. The van der Waals surface area contributed by atoms with Crippen LogP contribution in [0.15, 0.2) is 58.5 Å². The minimum absolute atomic E-state index is 0.137. The molecule has 2 bridgehead atoms. The second-order valence-electron chi connectivity index (χ2n) is 13.0. The highest BCUT2D eigenvalue weighted by atomic mass is 16.6. The SMILES string of the molecule is CO[C@H]1C=CC=C(C)C(=O)NC2=CC(=O)C(NCCN3CCN(C(=O)O)CC3)=C(C[C@@H](C)C[C@H](OC)[C@@H](O)[C@@H](C)C=C(C)[C@@H]1OC(N)=O)C2=O. The smallest absolute Gasteiger partial charge is 0.407 e. The Bertz CT molecular complexity index is 1440. The third kappa shape index (κ3) is 10.8. The zero-order valence-corrected chi connectivity index (χ0v) is 29.6. The maximum atomic E-state index is 13.9. The van der Waals surface area contributed by atoms with Crippen LogP contribution in [0.25, 0.3) is 0 Å². The normalized spacial score (nSPS) is 28.0. The number of nitrogens with zero attached hydrogens (tertiary/aromatic N) is 2. The van der Waals surface area contributed by atoms with Crippen molar-refractivity contribution in [1.82, 2.24) is 20.4 Å². The van der Waals surface area contributed by atoms with Crippen LogP contribution in [0.2, 0.25) is 0 Å². The number of primary amides is 1. The Balaban J connectivity index is 1.95. The van der Waals surface area contributed by atoms with Crippen molar-refractivity contribution in [3.05, 3.63) is 58.5 Å². The molecule has 0 aromatic heterocycles. The molecule has 0 saturated carbocycles.